The summed E-state index contributed by atoms with van der Waals surface area (Å²) in [7, 11) is 0. The van der Waals surface area contributed by atoms with Gasteiger partial charge in [0.25, 0.3) is 0 Å². The molecule has 1 aliphatic heterocycles. The van der Waals surface area contributed by atoms with Gasteiger partial charge in [-0.25, -0.2) is 0 Å². The third-order valence-corrected chi connectivity index (χ3v) is 3.35. The Morgan fingerprint density at radius 2 is 2.21 bits per heavy atom. The highest BCUT2D eigenvalue weighted by atomic mass is 15.1. The molecule has 1 saturated carbocycles. The third kappa shape index (κ3) is 2.46. The van der Waals surface area contributed by atoms with Crippen LogP contribution in [0.3, 0.4) is 0 Å². The molecule has 1 heterocycles. The lowest BCUT2D eigenvalue weighted by Crippen LogP contribution is -2.44. The van der Waals surface area contributed by atoms with Crippen molar-refractivity contribution in [3.8, 4) is 6.07 Å². The third-order valence-electron chi connectivity index (χ3n) is 3.35. The largest absolute Gasteiger partial charge is 0.327 e. The van der Waals surface area contributed by atoms with Gasteiger partial charge in [0.05, 0.1) is 12.0 Å². The molecule has 0 radical (unpaired) electrons. The molecular weight excluding hydrogens is 174 g/mol. The van der Waals surface area contributed by atoms with Gasteiger partial charge in [-0.3, -0.25) is 0 Å². The summed E-state index contributed by atoms with van der Waals surface area (Å²) in [6.45, 7) is 3.08. The number of nitrogens with zero attached hydrogens (tertiary/aromatic N) is 2. The van der Waals surface area contributed by atoms with Crippen LogP contribution in [0.15, 0.2) is 0 Å². The van der Waals surface area contributed by atoms with E-state index < -0.39 is 0 Å². The van der Waals surface area contributed by atoms with Crippen LogP contribution in [0.4, 0.5) is 0 Å². The molecule has 2 aliphatic rings. The maximum Gasteiger partial charge on any atom is 0.0672 e. The number of hydrogen-bond acceptors (Lipinski definition) is 3. The average Bonchev–Trinajstić information content (AvgIpc) is 2.97. The molecule has 0 amide bonds. The minimum Gasteiger partial charge on any atom is -0.327 e. The van der Waals surface area contributed by atoms with Crippen molar-refractivity contribution in [3.05, 3.63) is 0 Å². The predicted octanol–water partition coefficient (Wildman–Crippen LogP) is 0.959. The average molecular weight is 193 g/mol. The lowest BCUT2D eigenvalue weighted by molar-refractivity contribution is 0.187. The molecule has 2 fully saturated rings. The molecule has 1 saturated heterocycles. The van der Waals surface area contributed by atoms with Crippen LogP contribution in [0.1, 0.15) is 25.7 Å². The molecule has 0 aromatic carbocycles. The zero-order chi connectivity index (χ0) is 9.97. The fourth-order valence-electron chi connectivity index (χ4n) is 2.33. The van der Waals surface area contributed by atoms with E-state index in [1.165, 1.54) is 19.3 Å². The smallest absolute Gasteiger partial charge is 0.0672 e. The van der Waals surface area contributed by atoms with Crippen molar-refractivity contribution in [1.29, 1.82) is 5.26 Å². The van der Waals surface area contributed by atoms with Crippen molar-refractivity contribution in [1.82, 2.24) is 4.90 Å². The summed E-state index contributed by atoms with van der Waals surface area (Å²) in [5.41, 5.74) is 5.91. The topological polar surface area (TPSA) is 53.0 Å². The van der Waals surface area contributed by atoms with Gasteiger partial charge in [0.2, 0.25) is 0 Å². The Morgan fingerprint density at radius 1 is 1.43 bits per heavy atom. The van der Waals surface area contributed by atoms with E-state index in [4.69, 9.17) is 11.0 Å². The monoisotopic (exact) mass is 193 g/mol. The van der Waals surface area contributed by atoms with Crippen LogP contribution >= 0.6 is 0 Å². The number of rotatable bonds is 3. The summed E-state index contributed by atoms with van der Waals surface area (Å²) >= 11 is 0. The number of likely N-dealkylation sites (tertiary alicyclic amines) is 1. The van der Waals surface area contributed by atoms with Crippen molar-refractivity contribution in [3.63, 3.8) is 0 Å². The van der Waals surface area contributed by atoms with Gasteiger partial charge in [-0.15, -0.1) is 0 Å². The van der Waals surface area contributed by atoms with Crippen molar-refractivity contribution < 1.29 is 0 Å². The summed E-state index contributed by atoms with van der Waals surface area (Å²) in [6.07, 6.45) is 4.87. The lowest BCUT2D eigenvalue weighted by Gasteiger charge is -2.31. The zero-order valence-corrected chi connectivity index (χ0v) is 8.65. The van der Waals surface area contributed by atoms with Crippen molar-refractivity contribution in [2.24, 2.45) is 17.6 Å². The maximum absolute atomic E-state index is 9.03. The summed E-state index contributed by atoms with van der Waals surface area (Å²) in [5, 5.41) is 9.03. The van der Waals surface area contributed by atoms with Crippen LogP contribution in [0.25, 0.3) is 0 Å². The van der Waals surface area contributed by atoms with E-state index in [2.05, 4.69) is 11.0 Å². The molecule has 0 aromatic rings. The van der Waals surface area contributed by atoms with Crippen molar-refractivity contribution >= 4 is 0 Å². The summed E-state index contributed by atoms with van der Waals surface area (Å²) in [6, 6.07) is 2.78. The molecule has 2 N–H and O–H groups in total. The van der Waals surface area contributed by atoms with Gasteiger partial charge >= 0.3 is 0 Å². The van der Waals surface area contributed by atoms with E-state index in [1.54, 1.807) is 0 Å². The first-order chi connectivity index (χ1) is 6.79. The standard InChI is InChI=1S/C11H19N3/c12-6-10(9-3-4-9)7-14-5-1-2-11(13)8-14/h9-11H,1-5,7-8,13H2/t10?,11-/m1/s1. The highest BCUT2D eigenvalue weighted by Gasteiger charge is 2.33. The predicted molar refractivity (Wildman–Crippen MR) is 55.5 cm³/mol. The molecule has 1 unspecified atom stereocenters. The zero-order valence-electron chi connectivity index (χ0n) is 8.65. The Kier molecular flexibility index (Phi) is 3.05. The summed E-state index contributed by atoms with van der Waals surface area (Å²) in [5.74, 6) is 0.957. The van der Waals surface area contributed by atoms with E-state index >= 15 is 0 Å². The minimum absolute atomic E-state index is 0.264. The molecule has 3 nitrogen and oxygen atoms in total. The van der Waals surface area contributed by atoms with Crippen LogP contribution in [0, 0.1) is 23.2 Å². The van der Waals surface area contributed by atoms with Crippen LogP contribution in [0.2, 0.25) is 0 Å². The lowest BCUT2D eigenvalue weighted by atomic mass is 10.0. The van der Waals surface area contributed by atoms with Crippen molar-refractivity contribution in [2.45, 2.75) is 31.7 Å². The Bertz CT molecular complexity index is 229. The Labute approximate surface area is 85.9 Å². The molecule has 2 rings (SSSR count). The van der Waals surface area contributed by atoms with E-state index in [0.717, 1.165) is 26.1 Å². The van der Waals surface area contributed by atoms with Gasteiger partial charge in [0, 0.05) is 19.1 Å². The van der Waals surface area contributed by atoms with E-state index in [0.29, 0.717) is 12.0 Å². The van der Waals surface area contributed by atoms with Crippen LogP contribution in [0.5, 0.6) is 0 Å². The number of nitriles is 1. The normalized spacial score (nSPS) is 31.0. The highest BCUT2D eigenvalue weighted by Crippen LogP contribution is 2.37. The minimum atomic E-state index is 0.264. The van der Waals surface area contributed by atoms with E-state index in [-0.39, 0.29) is 5.92 Å². The Balaban J connectivity index is 1.80. The fraction of sp³-hybridized carbons (Fsp3) is 0.909. The summed E-state index contributed by atoms with van der Waals surface area (Å²) < 4.78 is 0. The van der Waals surface area contributed by atoms with Gasteiger partial charge in [-0.05, 0) is 38.1 Å². The van der Waals surface area contributed by atoms with Gasteiger partial charge in [0.15, 0.2) is 0 Å². The molecule has 3 heteroatoms. The van der Waals surface area contributed by atoms with Gasteiger partial charge in [0.1, 0.15) is 0 Å². The van der Waals surface area contributed by atoms with Crippen LogP contribution in [-0.4, -0.2) is 30.6 Å². The number of hydrogen-bond donors (Lipinski definition) is 1. The van der Waals surface area contributed by atoms with Gasteiger partial charge in [-0.2, -0.15) is 5.26 Å². The first kappa shape index (κ1) is 9.95. The molecule has 0 aromatic heterocycles. The molecular formula is C11H19N3. The molecule has 0 spiro atoms. The molecule has 2 atom stereocenters. The second-order valence-electron chi connectivity index (χ2n) is 4.73. The van der Waals surface area contributed by atoms with Gasteiger partial charge < -0.3 is 10.6 Å². The highest BCUT2D eigenvalue weighted by molar-refractivity contribution is 4.96. The SMILES string of the molecule is N#CC(CN1CCC[C@@H](N)C1)C1CC1. The molecule has 78 valence electrons. The first-order valence-electron chi connectivity index (χ1n) is 5.67. The molecule has 1 aliphatic carbocycles. The Morgan fingerprint density at radius 3 is 2.79 bits per heavy atom. The van der Waals surface area contributed by atoms with Crippen molar-refractivity contribution in [2.75, 3.05) is 19.6 Å². The maximum atomic E-state index is 9.03. The summed E-state index contributed by atoms with van der Waals surface area (Å²) in [4.78, 5) is 2.38. The van der Waals surface area contributed by atoms with Gasteiger partial charge in [-0.1, -0.05) is 0 Å². The quantitative estimate of drug-likeness (QED) is 0.726. The second kappa shape index (κ2) is 4.29. The number of piperidine rings is 1. The first-order valence-corrected chi connectivity index (χ1v) is 5.67. The molecule has 0 bridgehead atoms. The molecule has 14 heavy (non-hydrogen) atoms. The van der Waals surface area contributed by atoms with Crippen LogP contribution < -0.4 is 5.73 Å². The fourth-order valence-corrected chi connectivity index (χ4v) is 2.33. The van der Waals surface area contributed by atoms with E-state index in [9.17, 15) is 0 Å². The van der Waals surface area contributed by atoms with Crippen LogP contribution in [-0.2, 0) is 0 Å². The van der Waals surface area contributed by atoms with E-state index in [1.807, 2.05) is 0 Å². The second-order valence-corrected chi connectivity index (χ2v) is 4.73. The Hall–Kier alpha value is -0.590. The number of nitrogens with two attached hydrogens (primary N) is 1.